The molecule has 3 aliphatic carbocycles. The first-order valence-corrected chi connectivity index (χ1v) is 10.9. The summed E-state index contributed by atoms with van der Waals surface area (Å²) in [6, 6.07) is 22.6. The minimum Gasteiger partial charge on any atom is -0.352 e. The molecule has 2 bridgehead atoms. The quantitative estimate of drug-likeness (QED) is 0.501. The van der Waals surface area contributed by atoms with Gasteiger partial charge in [-0.3, -0.25) is 9.59 Å². The predicted octanol–water partition coefficient (Wildman–Crippen LogP) is 4.69. The van der Waals surface area contributed by atoms with Gasteiger partial charge in [0, 0.05) is 29.8 Å². The molecule has 1 heterocycles. The van der Waals surface area contributed by atoms with Gasteiger partial charge < -0.3 is 10.3 Å². The summed E-state index contributed by atoms with van der Waals surface area (Å²) in [7, 11) is 0. The third-order valence-corrected chi connectivity index (χ3v) is 7.00. The smallest absolute Gasteiger partial charge is 0.252 e. The van der Waals surface area contributed by atoms with Gasteiger partial charge in [-0.1, -0.05) is 48.5 Å². The maximum atomic E-state index is 13.6. The van der Waals surface area contributed by atoms with Gasteiger partial charge in [-0.05, 0) is 52.8 Å². The minimum absolute atomic E-state index is 0.234. The van der Waals surface area contributed by atoms with Crippen molar-refractivity contribution in [1.29, 1.82) is 0 Å². The summed E-state index contributed by atoms with van der Waals surface area (Å²) in [4.78, 5) is 27.7. The Kier molecular flexibility index (Phi) is 4.25. The van der Waals surface area contributed by atoms with E-state index in [0.29, 0.717) is 23.4 Å². The molecule has 4 nitrogen and oxygen atoms in total. The molecule has 0 saturated heterocycles. The van der Waals surface area contributed by atoms with E-state index in [4.69, 9.17) is 0 Å². The summed E-state index contributed by atoms with van der Waals surface area (Å²) in [6.07, 6.45) is 0.973. The van der Waals surface area contributed by atoms with Crippen LogP contribution in [0.2, 0.25) is 0 Å². The van der Waals surface area contributed by atoms with Crippen LogP contribution in [0, 0.1) is 11.7 Å². The molecule has 1 amide bonds. The van der Waals surface area contributed by atoms with Crippen LogP contribution >= 0.6 is 0 Å². The third kappa shape index (κ3) is 2.88. The number of nitrogens with one attached hydrogen (secondary N) is 2. The molecular weight excluding hydrogens is 403 g/mol. The molecule has 3 aliphatic rings. The predicted molar refractivity (Wildman–Crippen MR) is 122 cm³/mol. The first-order chi connectivity index (χ1) is 15.6. The van der Waals surface area contributed by atoms with E-state index in [1.165, 1.54) is 46.5 Å². The zero-order valence-electron chi connectivity index (χ0n) is 17.3. The molecule has 0 saturated carbocycles. The number of aromatic nitrogens is 1. The lowest BCUT2D eigenvalue weighted by molar-refractivity contribution is 0.0944. The fourth-order valence-corrected chi connectivity index (χ4v) is 5.70. The largest absolute Gasteiger partial charge is 0.352 e. The van der Waals surface area contributed by atoms with Gasteiger partial charge >= 0.3 is 0 Å². The Morgan fingerprint density at radius 2 is 1.59 bits per heavy atom. The number of rotatable bonds is 3. The number of pyridine rings is 1. The van der Waals surface area contributed by atoms with Crippen LogP contribution in [0.25, 0.3) is 10.9 Å². The van der Waals surface area contributed by atoms with Gasteiger partial charge in [0.05, 0.1) is 11.1 Å². The highest BCUT2D eigenvalue weighted by molar-refractivity contribution is 6.05. The van der Waals surface area contributed by atoms with Crippen molar-refractivity contribution in [2.24, 2.45) is 5.92 Å². The van der Waals surface area contributed by atoms with Crippen molar-refractivity contribution in [3.63, 3.8) is 0 Å². The molecule has 158 valence electrons. The number of fused-ring (bicyclic) bond motifs is 2. The van der Waals surface area contributed by atoms with E-state index >= 15 is 0 Å². The lowest BCUT2D eigenvalue weighted by Crippen LogP contribution is -2.39. The number of halogens is 1. The maximum Gasteiger partial charge on any atom is 0.252 e. The van der Waals surface area contributed by atoms with E-state index in [1.54, 1.807) is 0 Å². The van der Waals surface area contributed by atoms with Gasteiger partial charge in [-0.25, -0.2) is 4.39 Å². The number of hydrogen-bond donors (Lipinski definition) is 2. The van der Waals surface area contributed by atoms with E-state index in [1.807, 2.05) is 0 Å². The number of hydrogen-bond acceptors (Lipinski definition) is 2. The minimum atomic E-state index is -0.457. The first kappa shape index (κ1) is 19.0. The van der Waals surface area contributed by atoms with E-state index in [9.17, 15) is 14.0 Å². The van der Waals surface area contributed by atoms with Crippen molar-refractivity contribution in [2.45, 2.75) is 18.3 Å². The van der Waals surface area contributed by atoms with Crippen LogP contribution in [-0.2, 0) is 0 Å². The van der Waals surface area contributed by atoms with Crippen LogP contribution in [0.5, 0.6) is 0 Å². The van der Waals surface area contributed by atoms with Crippen LogP contribution in [-0.4, -0.2) is 17.4 Å². The average molecular weight is 424 g/mol. The van der Waals surface area contributed by atoms with Crippen molar-refractivity contribution in [3.05, 3.63) is 117 Å². The zero-order valence-corrected chi connectivity index (χ0v) is 17.3. The van der Waals surface area contributed by atoms with Crippen LogP contribution in [0.3, 0.4) is 0 Å². The van der Waals surface area contributed by atoms with Crippen molar-refractivity contribution < 1.29 is 9.18 Å². The Labute approximate surface area is 184 Å². The normalized spacial score (nSPS) is 20.6. The van der Waals surface area contributed by atoms with Crippen molar-refractivity contribution >= 4 is 16.8 Å². The standard InChI is InChI=1S/C27H21FN2O2/c28-16-9-10-19-23(13-25(31)30-24(19)12-16)27(32)29-14-15-11-22-17-5-1-3-7-20(17)26(15)21-8-4-2-6-18(21)22/h1-10,12-13,15,22,26H,11,14H2,(H,29,32)(H,30,31). The molecule has 0 spiro atoms. The second-order valence-electron chi connectivity index (χ2n) is 8.73. The molecule has 0 fully saturated rings. The highest BCUT2D eigenvalue weighted by atomic mass is 19.1. The van der Waals surface area contributed by atoms with E-state index in [-0.39, 0.29) is 23.3 Å². The number of carbonyl (C=O) groups excluding carboxylic acids is 1. The Morgan fingerprint density at radius 3 is 2.28 bits per heavy atom. The second-order valence-corrected chi connectivity index (χ2v) is 8.73. The van der Waals surface area contributed by atoms with Gasteiger partial charge in [0.2, 0.25) is 5.56 Å². The van der Waals surface area contributed by atoms with Crippen LogP contribution in [0.15, 0.2) is 77.6 Å². The molecule has 4 aromatic rings. The number of H-pyrrole nitrogens is 1. The zero-order chi connectivity index (χ0) is 21.8. The molecule has 7 rings (SSSR count). The third-order valence-electron chi connectivity index (χ3n) is 7.00. The Hall–Kier alpha value is -3.73. The van der Waals surface area contributed by atoms with Gasteiger partial charge in [-0.2, -0.15) is 0 Å². The first-order valence-electron chi connectivity index (χ1n) is 10.9. The molecule has 0 radical (unpaired) electrons. The van der Waals surface area contributed by atoms with Gasteiger partial charge in [0.25, 0.3) is 5.91 Å². The number of amides is 1. The lowest BCUT2D eigenvalue weighted by atomic mass is 9.59. The Balaban J connectivity index is 1.32. The molecule has 1 unspecified atom stereocenters. The molecule has 1 atom stereocenters. The van der Waals surface area contributed by atoms with Gasteiger partial charge in [-0.15, -0.1) is 0 Å². The van der Waals surface area contributed by atoms with Crippen molar-refractivity contribution in [1.82, 2.24) is 10.3 Å². The molecule has 2 N–H and O–H groups in total. The number of carbonyl (C=O) groups is 1. The number of benzene rings is 3. The summed E-state index contributed by atoms with van der Waals surface area (Å²) in [5.74, 6) is 0.0619. The highest BCUT2D eigenvalue weighted by Crippen LogP contribution is 2.55. The fourth-order valence-electron chi connectivity index (χ4n) is 5.70. The monoisotopic (exact) mass is 424 g/mol. The topological polar surface area (TPSA) is 62.0 Å². The molecule has 1 aromatic heterocycles. The fraction of sp³-hybridized carbons (Fsp3) is 0.185. The lowest BCUT2D eigenvalue weighted by Gasteiger charge is -2.45. The summed E-state index contributed by atoms with van der Waals surface area (Å²) in [6.45, 7) is 0.512. The highest BCUT2D eigenvalue weighted by Gasteiger charge is 2.42. The van der Waals surface area contributed by atoms with E-state index < -0.39 is 11.4 Å². The van der Waals surface area contributed by atoms with Crippen LogP contribution in [0.1, 0.15) is 50.9 Å². The molecule has 0 aliphatic heterocycles. The maximum absolute atomic E-state index is 13.6. The second kappa shape index (κ2) is 7.16. The Morgan fingerprint density at radius 1 is 0.938 bits per heavy atom. The van der Waals surface area contributed by atoms with Crippen molar-refractivity contribution in [3.8, 4) is 0 Å². The molecular formula is C27H21FN2O2. The summed E-state index contributed by atoms with van der Waals surface area (Å²) in [5, 5.41) is 3.60. The average Bonchev–Trinajstić information content (AvgIpc) is 2.82. The van der Waals surface area contributed by atoms with E-state index in [0.717, 1.165) is 6.42 Å². The number of aromatic amines is 1. The molecule has 3 aromatic carbocycles. The Bertz CT molecular complexity index is 1390. The van der Waals surface area contributed by atoms with Crippen LogP contribution in [0.4, 0.5) is 4.39 Å². The summed E-state index contributed by atoms with van der Waals surface area (Å²) >= 11 is 0. The van der Waals surface area contributed by atoms with Crippen LogP contribution < -0.4 is 10.9 Å². The van der Waals surface area contributed by atoms with Gasteiger partial charge in [0.1, 0.15) is 5.82 Å². The van der Waals surface area contributed by atoms with E-state index in [2.05, 4.69) is 58.8 Å². The SMILES string of the molecule is O=C(NCC1CC2c3ccccc3C1c1ccccc12)c1cc(=O)[nH]c2cc(F)ccc12. The molecule has 5 heteroatoms. The molecule has 32 heavy (non-hydrogen) atoms. The summed E-state index contributed by atoms with van der Waals surface area (Å²) in [5.41, 5.74) is 5.64. The summed E-state index contributed by atoms with van der Waals surface area (Å²) < 4.78 is 13.6. The van der Waals surface area contributed by atoms with Crippen molar-refractivity contribution in [2.75, 3.05) is 6.54 Å². The van der Waals surface area contributed by atoms with Gasteiger partial charge in [0.15, 0.2) is 0 Å².